The van der Waals surface area contributed by atoms with Crippen LogP contribution in [-0.2, 0) is 22.4 Å². The van der Waals surface area contributed by atoms with Crippen LogP contribution in [0.25, 0.3) is 0 Å². The van der Waals surface area contributed by atoms with Crippen molar-refractivity contribution in [1.29, 1.82) is 0 Å². The molecule has 0 bridgehead atoms. The van der Waals surface area contributed by atoms with Crippen molar-refractivity contribution >= 4 is 60.2 Å². The van der Waals surface area contributed by atoms with E-state index in [-0.39, 0.29) is 0 Å². The Labute approximate surface area is 179 Å². The van der Waals surface area contributed by atoms with E-state index in [1.165, 1.54) is 0 Å². The Balaban J connectivity index is 0.000000439. The fourth-order valence-electron chi connectivity index (χ4n) is 1.84. The van der Waals surface area contributed by atoms with Gasteiger partial charge in [0.2, 0.25) is 0 Å². The molecule has 2 unspecified atom stereocenters. The third-order valence-electron chi connectivity index (χ3n) is 3.09. The quantitative estimate of drug-likeness (QED) is 0.455. The van der Waals surface area contributed by atoms with Crippen molar-refractivity contribution in [2.75, 3.05) is 0 Å². The van der Waals surface area contributed by atoms with E-state index in [2.05, 4.69) is 30.1 Å². The predicted octanol–water partition coefficient (Wildman–Crippen LogP) is 0.758. The van der Waals surface area contributed by atoms with Crippen LogP contribution >= 0.6 is 25.3 Å². The molecule has 0 spiro atoms. The van der Waals surface area contributed by atoms with Gasteiger partial charge in [-0.1, -0.05) is 60.7 Å². The first-order chi connectivity index (χ1) is 12.4. The summed E-state index contributed by atoms with van der Waals surface area (Å²) in [5.41, 5.74) is 1.92. The van der Waals surface area contributed by atoms with Gasteiger partial charge < -0.3 is 19.8 Å². The molecule has 0 aliphatic rings. The van der Waals surface area contributed by atoms with Crippen molar-refractivity contribution in [3.05, 3.63) is 71.8 Å². The SMILES string of the molecule is O=C([O-])C(S)Cc1ccccc1.O=C([O-])C(S)Cc1ccccc1.[CH3][Sb+2]. The first-order valence-corrected chi connectivity index (χ1v) is 11.3. The number of carbonyl (C=O) groups is 2. The van der Waals surface area contributed by atoms with E-state index in [4.69, 9.17) is 0 Å². The number of thiol groups is 2. The predicted molar refractivity (Wildman–Crippen MR) is 107 cm³/mol. The van der Waals surface area contributed by atoms with E-state index >= 15 is 0 Å². The van der Waals surface area contributed by atoms with Crippen LogP contribution in [0.2, 0.25) is 4.87 Å². The van der Waals surface area contributed by atoms with E-state index in [1.54, 1.807) is 23.0 Å². The Morgan fingerprint density at radius 1 is 0.769 bits per heavy atom. The molecule has 0 heterocycles. The van der Waals surface area contributed by atoms with Gasteiger partial charge in [0.1, 0.15) is 0 Å². The van der Waals surface area contributed by atoms with Gasteiger partial charge in [-0.15, -0.1) is 0 Å². The Hall–Kier alpha value is -1.10. The van der Waals surface area contributed by atoms with Gasteiger partial charge in [-0.05, 0) is 24.0 Å². The Bertz CT molecular complexity index is 581. The maximum absolute atomic E-state index is 10.3. The molecule has 0 saturated carbocycles. The monoisotopic (exact) mass is 498 g/mol. The number of carboxylic acids is 2. The van der Waals surface area contributed by atoms with Crippen LogP contribution in [0.5, 0.6) is 0 Å². The van der Waals surface area contributed by atoms with Crippen molar-refractivity contribution in [3.8, 4) is 0 Å². The number of benzene rings is 2. The molecule has 0 aliphatic carbocycles. The van der Waals surface area contributed by atoms with Crippen LogP contribution in [0.3, 0.4) is 0 Å². The zero-order valence-electron chi connectivity index (χ0n) is 14.3. The van der Waals surface area contributed by atoms with Gasteiger partial charge in [0.05, 0.1) is 11.9 Å². The van der Waals surface area contributed by atoms with Crippen LogP contribution in [-0.4, -0.2) is 45.5 Å². The molecule has 2 atom stereocenters. The zero-order chi connectivity index (χ0) is 19.9. The molecular formula is C19H21O4S2Sb. The van der Waals surface area contributed by atoms with E-state index in [0.717, 1.165) is 11.1 Å². The molecule has 0 aromatic heterocycles. The fourth-order valence-corrected chi connectivity index (χ4v) is 2.26. The van der Waals surface area contributed by atoms with E-state index in [0.29, 0.717) is 12.8 Å². The van der Waals surface area contributed by atoms with Crippen molar-refractivity contribution in [1.82, 2.24) is 0 Å². The maximum atomic E-state index is 10.3. The summed E-state index contributed by atoms with van der Waals surface area (Å²) >= 11 is 9.50. The molecule has 2 rings (SSSR count). The summed E-state index contributed by atoms with van der Waals surface area (Å²) in [6.45, 7) is 0. The summed E-state index contributed by atoms with van der Waals surface area (Å²) in [6, 6.07) is 18.7. The number of carbonyl (C=O) groups excluding carboxylic acids is 2. The summed E-state index contributed by atoms with van der Waals surface area (Å²) in [5.74, 6) is -2.25. The number of hydrogen-bond acceptors (Lipinski definition) is 6. The molecule has 0 saturated heterocycles. The van der Waals surface area contributed by atoms with Gasteiger partial charge >= 0.3 is 27.9 Å². The Morgan fingerprint density at radius 2 is 1.04 bits per heavy atom. The van der Waals surface area contributed by atoms with Crippen LogP contribution in [0.4, 0.5) is 0 Å². The molecule has 2 aromatic rings. The fraction of sp³-hybridized carbons (Fsp3) is 0.263. The Kier molecular flexibility index (Phi) is 14.4. The molecule has 0 aliphatic heterocycles. The molecule has 0 N–H and O–H groups in total. The molecule has 26 heavy (non-hydrogen) atoms. The van der Waals surface area contributed by atoms with E-state index in [9.17, 15) is 19.8 Å². The minimum atomic E-state index is -1.12. The third kappa shape index (κ3) is 11.5. The average molecular weight is 499 g/mol. The van der Waals surface area contributed by atoms with Gasteiger partial charge in [0.15, 0.2) is 0 Å². The van der Waals surface area contributed by atoms with Gasteiger partial charge in [-0.3, -0.25) is 0 Å². The average Bonchev–Trinajstić information content (AvgIpc) is 2.65. The molecule has 0 amide bonds. The van der Waals surface area contributed by atoms with Crippen LogP contribution in [0, 0.1) is 0 Å². The number of rotatable bonds is 6. The molecule has 2 radical (unpaired) electrons. The van der Waals surface area contributed by atoms with Crippen molar-refractivity contribution in [2.45, 2.75) is 28.2 Å². The summed E-state index contributed by atoms with van der Waals surface area (Å²) in [7, 11) is 0. The van der Waals surface area contributed by atoms with Gasteiger partial charge in [0.25, 0.3) is 0 Å². The number of aliphatic carboxylic acids is 2. The second-order valence-electron chi connectivity index (χ2n) is 5.05. The van der Waals surface area contributed by atoms with Crippen LogP contribution < -0.4 is 10.2 Å². The van der Waals surface area contributed by atoms with Gasteiger partial charge in [-0.2, -0.15) is 25.3 Å². The van der Waals surface area contributed by atoms with E-state index < -0.39 is 22.4 Å². The van der Waals surface area contributed by atoms with Crippen LogP contribution in [0.1, 0.15) is 11.1 Å². The summed E-state index contributed by atoms with van der Waals surface area (Å²) in [6.07, 6.45) is 0.818. The molecular weight excluding hydrogens is 478 g/mol. The van der Waals surface area contributed by atoms with Crippen molar-refractivity contribution in [2.24, 2.45) is 0 Å². The first kappa shape index (κ1) is 24.9. The second kappa shape index (κ2) is 15.0. The Morgan fingerprint density at radius 3 is 1.27 bits per heavy atom. The topological polar surface area (TPSA) is 80.3 Å². The van der Waals surface area contributed by atoms with Gasteiger partial charge in [0, 0.05) is 10.5 Å². The standard InChI is InChI=1S/2C9H10O2S.CH3.Sb/c2*10-9(11)8(12)6-7-4-2-1-3-5-7;;/h2*1-5,8,12H,6H2,(H,10,11);1H3;/q;;;+2/p-2. The van der Waals surface area contributed by atoms with Crippen LogP contribution in [0.15, 0.2) is 60.7 Å². The van der Waals surface area contributed by atoms with Gasteiger partial charge in [-0.25, -0.2) is 0 Å². The molecule has 138 valence electrons. The summed E-state index contributed by atoms with van der Waals surface area (Å²) < 4.78 is 0. The number of hydrogen-bond donors (Lipinski definition) is 2. The zero-order valence-corrected chi connectivity index (χ0v) is 18.7. The minimum absolute atomic E-state index is 0.409. The number of carboxylic acid groups (broad SMARTS) is 2. The molecule has 0 fully saturated rings. The molecule has 4 nitrogen and oxygen atoms in total. The second-order valence-corrected chi connectivity index (χ2v) is 6.30. The first-order valence-electron chi connectivity index (χ1n) is 7.70. The van der Waals surface area contributed by atoms with Crippen molar-refractivity contribution < 1.29 is 19.8 Å². The normalized spacial score (nSPS) is 11.7. The summed E-state index contributed by atoms with van der Waals surface area (Å²) in [5, 5.41) is 19.2. The molecule has 2 aromatic carbocycles. The van der Waals surface area contributed by atoms with E-state index in [1.807, 2.05) is 60.7 Å². The summed E-state index contributed by atoms with van der Waals surface area (Å²) in [4.78, 5) is 22.7. The molecule has 7 heteroatoms. The van der Waals surface area contributed by atoms with Crippen molar-refractivity contribution in [3.63, 3.8) is 0 Å². The third-order valence-corrected chi connectivity index (χ3v) is 3.87.